The van der Waals surface area contributed by atoms with Gasteiger partial charge in [0.2, 0.25) is 11.8 Å². The maximum atomic E-state index is 13.2. The molecule has 1 spiro atoms. The average molecular weight is 411 g/mol. The van der Waals surface area contributed by atoms with Crippen LogP contribution < -0.4 is 16.0 Å². The molecule has 4 aliphatic rings. The van der Waals surface area contributed by atoms with Gasteiger partial charge < -0.3 is 15.5 Å². The molecule has 3 amide bonds. The highest BCUT2D eigenvalue weighted by Gasteiger charge is 2.41. The van der Waals surface area contributed by atoms with Crippen LogP contribution in [0.15, 0.2) is 18.2 Å². The molecule has 3 N–H and O–H groups in total. The molecule has 3 heterocycles. The Kier molecular flexibility index (Phi) is 5.11. The minimum absolute atomic E-state index is 0.0906. The Morgan fingerprint density at radius 2 is 2.03 bits per heavy atom. The summed E-state index contributed by atoms with van der Waals surface area (Å²) in [5, 5.41) is 9.68. The lowest BCUT2D eigenvalue weighted by Crippen LogP contribution is -2.56. The molecule has 1 aromatic rings. The molecular formula is C23H30N4O3. The van der Waals surface area contributed by atoms with Crippen molar-refractivity contribution in [3.8, 4) is 0 Å². The van der Waals surface area contributed by atoms with Crippen molar-refractivity contribution in [3.63, 3.8) is 0 Å². The van der Waals surface area contributed by atoms with Gasteiger partial charge in [0.1, 0.15) is 6.04 Å². The fourth-order valence-electron chi connectivity index (χ4n) is 5.68. The van der Waals surface area contributed by atoms with Crippen molar-refractivity contribution < 1.29 is 14.4 Å². The Labute approximate surface area is 177 Å². The van der Waals surface area contributed by atoms with Crippen molar-refractivity contribution in [2.75, 3.05) is 13.1 Å². The minimum atomic E-state index is -0.559. The molecule has 2 atom stereocenters. The van der Waals surface area contributed by atoms with Gasteiger partial charge >= 0.3 is 0 Å². The number of hydrogen-bond acceptors (Lipinski definition) is 5. The standard InChI is InChI=1S/C23H30N4O3/c28-19-6-5-18(21(29)26-19)27-14-17-4-1-3-16(20(17)22(27)30)13-24-12-15-7-10-25-23(11-15)8-2-9-23/h1,3-4,15,18,24-25H,2,5-14H2,(H,26,28,29). The van der Waals surface area contributed by atoms with Gasteiger partial charge in [0, 0.05) is 30.6 Å². The summed E-state index contributed by atoms with van der Waals surface area (Å²) in [4.78, 5) is 38.5. The molecule has 3 aliphatic heterocycles. The van der Waals surface area contributed by atoms with Gasteiger partial charge in [-0.05, 0) is 68.7 Å². The highest BCUT2D eigenvalue weighted by molar-refractivity contribution is 6.05. The van der Waals surface area contributed by atoms with Crippen LogP contribution in [0, 0.1) is 5.92 Å². The van der Waals surface area contributed by atoms with Crippen molar-refractivity contribution in [2.45, 2.75) is 69.6 Å². The number of piperidine rings is 2. The summed E-state index contributed by atoms with van der Waals surface area (Å²) in [5.41, 5.74) is 3.10. The summed E-state index contributed by atoms with van der Waals surface area (Å²) < 4.78 is 0. The maximum absolute atomic E-state index is 13.2. The molecule has 1 saturated carbocycles. The molecule has 0 radical (unpaired) electrons. The Balaban J connectivity index is 1.23. The largest absolute Gasteiger partial charge is 0.322 e. The summed E-state index contributed by atoms with van der Waals surface area (Å²) in [6.07, 6.45) is 7.08. The summed E-state index contributed by atoms with van der Waals surface area (Å²) in [6.45, 7) is 3.17. The molecule has 1 aromatic carbocycles. The molecule has 160 valence electrons. The number of carbonyl (C=O) groups excluding carboxylic acids is 3. The predicted molar refractivity (Wildman–Crippen MR) is 112 cm³/mol. The van der Waals surface area contributed by atoms with Crippen LogP contribution in [0.25, 0.3) is 0 Å². The maximum Gasteiger partial charge on any atom is 0.255 e. The first-order chi connectivity index (χ1) is 14.5. The van der Waals surface area contributed by atoms with E-state index in [0.29, 0.717) is 31.0 Å². The Hall–Kier alpha value is -2.25. The summed E-state index contributed by atoms with van der Waals surface area (Å²) in [6, 6.07) is 5.41. The molecule has 5 rings (SSSR count). The predicted octanol–water partition coefficient (Wildman–Crippen LogP) is 1.46. The van der Waals surface area contributed by atoms with Gasteiger partial charge in [-0.3, -0.25) is 19.7 Å². The third kappa shape index (κ3) is 3.54. The minimum Gasteiger partial charge on any atom is -0.322 e. The second-order valence-corrected chi connectivity index (χ2v) is 9.40. The van der Waals surface area contributed by atoms with E-state index in [1.165, 1.54) is 32.1 Å². The molecule has 3 fully saturated rings. The van der Waals surface area contributed by atoms with Crippen LogP contribution in [0.2, 0.25) is 0 Å². The van der Waals surface area contributed by atoms with Crippen LogP contribution in [0.4, 0.5) is 0 Å². The van der Waals surface area contributed by atoms with Gasteiger partial charge in [0.25, 0.3) is 5.91 Å². The topological polar surface area (TPSA) is 90.5 Å². The number of carbonyl (C=O) groups is 3. The van der Waals surface area contributed by atoms with Crippen molar-refractivity contribution in [1.82, 2.24) is 20.9 Å². The number of rotatable bonds is 5. The van der Waals surface area contributed by atoms with Crippen LogP contribution in [0.5, 0.6) is 0 Å². The number of hydrogen-bond donors (Lipinski definition) is 3. The van der Waals surface area contributed by atoms with E-state index in [9.17, 15) is 14.4 Å². The highest BCUT2D eigenvalue weighted by atomic mass is 16.2. The second-order valence-electron chi connectivity index (χ2n) is 9.40. The van der Waals surface area contributed by atoms with Crippen molar-refractivity contribution in [1.29, 1.82) is 0 Å². The lowest BCUT2D eigenvalue weighted by atomic mass is 9.68. The van der Waals surface area contributed by atoms with Crippen molar-refractivity contribution >= 4 is 17.7 Å². The third-order valence-corrected chi connectivity index (χ3v) is 7.43. The van der Waals surface area contributed by atoms with E-state index in [2.05, 4.69) is 16.0 Å². The number of imide groups is 1. The van der Waals surface area contributed by atoms with E-state index >= 15 is 0 Å². The summed E-state index contributed by atoms with van der Waals surface area (Å²) in [7, 11) is 0. The van der Waals surface area contributed by atoms with Gasteiger partial charge in [-0.2, -0.15) is 0 Å². The molecule has 2 unspecified atom stereocenters. The third-order valence-electron chi connectivity index (χ3n) is 7.43. The van der Waals surface area contributed by atoms with Crippen LogP contribution in [-0.4, -0.2) is 47.3 Å². The quantitative estimate of drug-likeness (QED) is 0.640. The number of amides is 3. The molecule has 7 heteroatoms. The normalized spacial score (nSPS) is 27.7. The summed E-state index contributed by atoms with van der Waals surface area (Å²) in [5.74, 6) is -0.0269. The number of fused-ring (bicyclic) bond motifs is 1. The fraction of sp³-hybridized carbons (Fsp3) is 0.609. The highest BCUT2D eigenvalue weighted by Crippen LogP contribution is 2.40. The van der Waals surface area contributed by atoms with E-state index in [1.807, 2.05) is 18.2 Å². The van der Waals surface area contributed by atoms with Crippen LogP contribution in [0.3, 0.4) is 0 Å². The Morgan fingerprint density at radius 3 is 2.80 bits per heavy atom. The zero-order valence-corrected chi connectivity index (χ0v) is 17.3. The molecule has 7 nitrogen and oxygen atoms in total. The SMILES string of the molecule is O=C1CCC(N2Cc3cccc(CNCC4CCNC5(CCC5)C4)c3C2=O)C(=O)N1. The average Bonchev–Trinajstić information content (AvgIpc) is 3.04. The van der Waals surface area contributed by atoms with Gasteiger partial charge in [0.15, 0.2) is 0 Å². The van der Waals surface area contributed by atoms with E-state index in [0.717, 1.165) is 29.8 Å². The number of nitrogens with one attached hydrogen (secondary N) is 3. The molecule has 1 aliphatic carbocycles. The first-order valence-corrected chi connectivity index (χ1v) is 11.3. The van der Waals surface area contributed by atoms with Gasteiger partial charge in [-0.15, -0.1) is 0 Å². The van der Waals surface area contributed by atoms with Gasteiger partial charge in [-0.1, -0.05) is 18.2 Å². The van der Waals surface area contributed by atoms with Crippen LogP contribution in [0.1, 0.15) is 66.4 Å². The van der Waals surface area contributed by atoms with Crippen LogP contribution >= 0.6 is 0 Å². The first-order valence-electron chi connectivity index (χ1n) is 11.3. The van der Waals surface area contributed by atoms with Crippen molar-refractivity contribution in [3.05, 3.63) is 34.9 Å². The zero-order valence-electron chi connectivity index (χ0n) is 17.3. The van der Waals surface area contributed by atoms with E-state index in [-0.39, 0.29) is 24.1 Å². The monoisotopic (exact) mass is 410 g/mol. The number of benzene rings is 1. The molecular weight excluding hydrogens is 380 g/mol. The Bertz CT molecular complexity index is 879. The fourth-order valence-corrected chi connectivity index (χ4v) is 5.68. The smallest absolute Gasteiger partial charge is 0.255 e. The Morgan fingerprint density at radius 1 is 1.17 bits per heavy atom. The van der Waals surface area contributed by atoms with E-state index < -0.39 is 6.04 Å². The van der Waals surface area contributed by atoms with E-state index in [1.54, 1.807) is 4.90 Å². The molecule has 0 aromatic heterocycles. The lowest BCUT2D eigenvalue weighted by molar-refractivity contribution is -0.136. The molecule has 0 bridgehead atoms. The van der Waals surface area contributed by atoms with E-state index in [4.69, 9.17) is 0 Å². The van der Waals surface area contributed by atoms with Crippen LogP contribution in [-0.2, 0) is 22.7 Å². The van der Waals surface area contributed by atoms with Crippen molar-refractivity contribution in [2.24, 2.45) is 5.92 Å². The van der Waals surface area contributed by atoms with Gasteiger partial charge in [0.05, 0.1) is 0 Å². The first kappa shape index (κ1) is 19.7. The van der Waals surface area contributed by atoms with Gasteiger partial charge in [-0.25, -0.2) is 0 Å². The molecule has 2 saturated heterocycles. The molecule has 30 heavy (non-hydrogen) atoms. The number of nitrogens with zero attached hydrogens (tertiary/aromatic N) is 1. The summed E-state index contributed by atoms with van der Waals surface area (Å²) >= 11 is 0. The second kappa shape index (κ2) is 7.78. The lowest BCUT2D eigenvalue weighted by Gasteiger charge is -2.48. The zero-order chi connectivity index (χ0) is 20.7.